The molecule has 0 radical (unpaired) electrons. The van der Waals surface area contributed by atoms with Crippen molar-refractivity contribution in [2.75, 3.05) is 0 Å². The Kier molecular flexibility index (Phi) is 10.2. The van der Waals surface area contributed by atoms with Crippen molar-refractivity contribution in [3.63, 3.8) is 0 Å². The molecule has 2 N–H and O–H groups in total. The van der Waals surface area contributed by atoms with Crippen LogP contribution in [0.5, 0.6) is 0 Å². The Morgan fingerprint density at radius 3 is 1.91 bits per heavy atom. The van der Waals surface area contributed by atoms with Gasteiger partial charge in [0.1, 0.15) is 11.3 Å². The van der Waals surface area contributed by atoms with Crippen molar-refractivity contribution in [1.82, 2.24) is 19.2 Å². The summed E-state index contributed by atoms with van der Waals surface area (Å²) in [5.74, 6) is 0.798. The normalized spacial score (nSPS) is 12.3. The Hall–Kier alpha value is -1.93. The number of H-pyrrole nitrogens is 1. The van der Waals surface area contributed by atoms with Crippen molar-refractivity contribution >= 4 is 32.2 Å². The first-order valence-corrected chi connectivity index (χ1v) is 14.2. The van der Waals surface area contributed by atoms with Gasteiger partial charge in [-0.1, -0.05) is 96.8 Å². The summed E-state index contributed by atoms with van der Waals surface area (Å²) < 4.78 is 33.0. The van der Waals surface area contributed by atoms with Crippen LogP contribution in [-0.4, -0.2) is 32.1 Å². The number of unbranched alkanes of at least 4 members (excludes halogenated alkanes) is 14. The van der Waals surface area contributed by atoms with E-state index in [-0.39, 0.29) is 0 Å². The molecule has 0 spiro atoms. The number of aromatic amines is 1. The van der Waals surface area contributed by atoms with Gasteiger partial charge in [-0.25, -0.2) is 9.97 Å². The lowest BCUT2D eigenvalue weighted by molar-refractivity contribution is 0.468. The van der Waals surface area contributed by atoms with Crippen molar-refractivity contribution in [2.24, 2.45) is 0 Å². The maximum absolute atomic E-state index is 11.5. The smallest absolute Gasteiger partial charge is 0.289 e. The predicted molar refractivity (Wildman–Crippen MR) is 135 cm³/mol. The molecule has 3 rings (SSSR count). The van der Waals surface area contributed by atoms with Gasteiger partial charge in [0.25, 0.3) is 0 Å². The van der Waals surface area contributed by atoms with E-state index in [0.29, 0.717) is 16.4 Å². The van der Waals surface area contributed by atoms with Crippen molar-refractivity contribution in [3.8, 4) is 0 Å². The number of aromatic nitrogens is 4. The Morgan fingerprint density at radius 2 is 1.36 bits per heavy atom. The molecule has 0 saturated carbocycles. The number of nitrogens with zero attached hydrogens (tertiary/aromatic N) is 3. The number of fused-ring (bicyclic) bond motifs is 3. The highest BCUT2D eigenvalue weighted by Crippen LogP contribution is 2.25. The molecule has 0 fully saturated rings. The van der Waals surface area contributed by atoms with E-state index in [4.69, 9.17) is 0 Å². The minimum absolute atomic E-state index is 0.364. The molecule has 1 aromatic carbocycles. The van der Waals surface area contributed by atoms with E-state index in [9.17, 15) is 13.0 Å². The standard InChI is InChI=1S/C25H40N4O3S/c1-2-3-4-5-6-7-8-9-10-11-12-13-14-15-16-17-24-27-22-18-19-23-21(25(22)28-24)20-26-29(23)33(30,31)32/h18-20,26H,2-17H2,1H3,(H,30,31,32). The zero-order valence-electron chi connectivity index (χ0n) is 20.1. The summed E-state index contributed by atoms with van der Waals surface area (Å²) in [6.07, 6.45) is 22.5. The van der Waals surface area contributed by atoms with Gasteiger partial charge in [0.2, 0.25) is 0 Å². The SMILES string of the molecule is CCCCCCCCCCCCCCCCCc1nc2ccc3c(c[nH]n3S(=O)(=O)O)c2n1. The van der Waals surface area contributed by atoms with Crippen LogP contribution in [0, 0.1) is 0 Å². The zero-order valence-corrected chi connectivity index (χ0v) is 20.9. The number of aryl methyl sites for hydroxylation is 1. The zero-order chi connectivity index (χ0) is 23.5. The molecule has 0 aliphatic carbocycles. The molecule has 2 heterocycles. The maximum Gasteiger partial charge on any atom is 0.377 e. The topological polar surface area (TPSA) is 101 Å². The summed E-state index contributed by atoms with van der Waals surface area (Å²) in [6.45, 7) is 2.27. The van der Waals surface area contributed by atoms with E-state index < -0.39 is 10.3 Å². The van der Waals surface area contributed by atoms with Crippen LogP contribution in [0.3, 0.4) is 0 Å². The van der Waals surface area contributed by atoms with Crippen LogP contribution >= 0.6 is 0 Å². The van der Waals surface area contributed by atoms with Gasteiger partial charge in [-0.2, -0.15) is 12.5 Å². The monoisotopic (exact) mass is 476 g/mol. The van der Waals surface area contributed by atoms with Crippen LogP contribution in [0.4, 0.5) is 0 Å². The highest BCUT2D eigenvalue weighted by Gasteiger charge is 2.16. The Balaban J connectivity index is 1.28. The van der Waals surface area contributed by atoms with Crippen LogP contribution < -0.4 is 0 Å². The third-order valence-electron chi connectivity index (χ3n) is 6.44. The molecule has 7 nitrogen and oxygen atoms in total. The second-order valence-corrected chi connectivity index (χ2v) is 10.5. The lowest BCUT2D eigenvalue weighted by atomic mass is 10.0. The number of benzene rings is 1. The van der Waals surface area contributed by atoms with Crippen LogP contribution in [0.15, 0.2) is 18.3 Å². The average molecular weight is 477 g/mol. The first kappa shape index (κ1) is 25.7. The van der Waals surface area contributed by atoms with Gasteiger partial charge in [-0.05, 0) is 18.6 Å². The molecule has 0 atom stereocenters. The van der Waals surface area contributed by atoms with Crippen LogP contribution in [0.1, 0.15) is 109 Å². The molecule has 0 aliphatic rings. The molecule has 0 aliphatic heterocycles. The summed E-state index contributed by atoms with van der Waals surface area (Å²) in [7, 11) is -4.37. The first-order valence-electron chi connectivity index (χ1n) is 12.8. The van der Waals surface area contributed by atoms with Gasteiger partial charge in [-0.15, -0.1) is 0 Å². The number of hydrogen-bond donors (Lipinski definition) is 2. The average Bonchev–Trinajstić information content (AvgIpc) is 3.40. The first-order chi connectivity index (χ1) is 16.0. The Labute approximate surface area is 198 Å². The molecule has 8 heteroatoms. The third kappa shape index (κ3) is 7.81. The summed E-state index contributed by atoms with van der Waals surface area (Å²) in [5, 5.41) is 3.21. The summed E-state index contributed by atoms with van der Waals surface area (Å²) >= 11 is 0. The van der Waals surface area contributed by atoms with E-state index in [1.807, 2.05) is 0 Å². The third-order valence-corrected chi connectivity index (χ3v) is 7.21. The number of rotatable bonds is 17. The molecule has 33 heavy (non-hydrogen) atoms. The number of imidazole rings is 1. The van der Waals surface area contributed by atoms with Crippen molar-refractivity contribution < 1.29 is 13.0 Å². The van der Waals surface area contributed by atoms with Gasteiger partial charge in [0, 0.05) is 18.0 Å². The minimum atomic E-state index is -4.37. The molecule has 0 amide bonds. The largest absolute Gasteiger partial charge is 0.377 e. The fraction of sp³-hybridized carbons (Fsp3) is 0.680. The summed E-state index contributed by atoms with van der Waals surface area (Å²) in [6, 6.07) is 3.38. The van der Waals surface area contributed by atoms with E-state index >= 15 is 0 Å². The molecule has 0 saturated heterocycles. The highest BCUT2D eigenvalue weighted by molar-refractivity contribution is 7.84. The van der Waals surface area contributed by atoms with E-state index in [2.05, 4.69) is 22.0 Å². The van der Waals surface area contributed by atoms with Gasteiger partial charge >= 0.3 is 10.3 Å². The second kappa shape index (κ2) is 13.1. The van der Waals surface area contributed by atoms with Crippen LogP contribution in [-0.2, 0) is 16.7 Å². The van der Waals surface area contributed by atoms with E-state index in [0.717, 1.165) is 28.3 Å². The fourth-order valence-electron chi connectivity index (χ4n) is 4.56. The van der Waals surface area contributed by atoms with Crippen molar-refractivity contribution in [2.45, 2.75) is 110 Å². The maximum atomic E-state index is 11.5. The molecular formula is C25H40N4O3S. The summed E-state index contributed by atoms with van der Waals surface area (Å²) in [5.41, 5.74) is 1.78. The van der Waals surface area contributed by atoms with Gasteiger partial charge in [0.05, 0.1) is 11.0 Å². The molecule has 2 aromatic heterocycles. The van der Waals surface area contributed by atoms with Crippen molar-refractivity contribution in [1.29, 1.82) is 0 Å². The molecular weight excluding hydrogens is 436 g/mol. The van der Waals surface area contributed by atoms with Gasteiger partial charge in [0.15, 0.2) is 0 Å². The molecule has 184 valence electrons. The van der Waals surface area contributed by atoms with Crippen molar-refractivity contribution in [3.05, 3.63) is 24.2 Å². The fourth-order valence-corrected chi connectivity index (χ4v) is 5.15. The molecule has 0 bridgehead atoms. The number of nitrogens with one attached hydrogen (secondary N) is 1. The minimum Gasteiger partial charge on any atom is -0.289 e. The second-order valence-electron chi connectivity index (χ2n) is 9.22. The quantitative estimate of drug-likeness (QED) is 0.162. The van der Waals surface area contributed by atoms with Gasteiger partial charge in [-0.3, -0.25) is 9.65 Å². The van der Waals surface area contributed by atoms with Crippen LogP contribution in [0.25, 0.3) is 21.9 Å². The van der Waals surface area contributed by atoms with E-state index in [1.54, 1.807) is 12.1 Å². The van der Waals surface area contributed by atoms with Gasteiger partial charge < -0.3 is 0 Å². The van der Waals surface area contributed by atoms with Crippen LogP contribution in [0.2, 0.25) is 0 Å². The molecule has 0 unspecified atom stereocenters. The predicted octanol–water partition coefficient (Wildman–Crippen LogP) is 6.98. The lowest BCUT2D eigenvalue weighted by Crippen LogP contribution is -2.11. The Bertz CT molecular complexity index is 1090. The number of hydrogen-bond acceptors (Lipinski definition) is 4. The van der Waals surface area contributed by atoms with E-state index in [1.165, 1.54) is 96.1 Å². The Morgan fingerprint density at radius 1 is 0.818 bits per heavy atom. The molecule has 3 aromatic rings. The summed E-state index contributed by atoms with van der Waals surface area (Å²) in [4.78, 5) is 9.21. The highest BCUT2D eigenvalue weighted by atomic mass is 32.2. The lowest BCUT2D eigenvalue weighted by Gasteiger charge is -2.03.